The van der Waals surface area contributed by atoms with E-state index in [0.29, 0.717) is 6.54 Å². The van der Waals surface area contributed by atoms with E-state index in [2.05, 4.69) is 64.2 Å². The Morgan fingerprint density at radius 3 is 2.50 bits per heavy atom. The van der Waals surface area contributed by atoms with Crippen LogP contribution in [0, 0.1) is 11.8 Å². The van der Waals surface area contributed by atoms with E-state index in [1.807, 2.05) is 0 Å². The summed E-state index contributed by atoms with van der Waals surface area (Å²) in [4.78, 5) is 24.1. The van der Waals surface area contributed by atoms with Gasteiger partial charge in [-0.2, -0.15) is 0 Å². The van der Waals surface area contributed by atoms with E-state index in [4.69, 9.17) is 9.73 Å². The molecule has 7 nitrogen and oxygen atoms in total. The van der Waals surface area contributed by atoms with Gasteiger partial charge in [-0.15, -0.1) is 0 Å². The van der Waals surface area contributed by atoms with Gasteiger partial charge in [0.25, 0.3) is 0 Å². The van der Waals surface area contributed by atoms with Gasteiger partial charge < -0.3 is 15.0 Å². The number of likely N-dealkylation sites (tertiary alicyclic amines) is 1. The van der Waals surface area contributed by atoms with Crippen LogP contribution in [0.25, 0.3) is 0 Å². The van der Waals surface area contributed by atoms with Crippen molar-refractivity contribution in [2.45, 2.75) is 20.4 Å². The van der Waals surface area contributed by atoms with Crippen molar-refractivity contribution in [3.05, 3.63) is 35.9 Å². The van der Waals surface area contributed by atoms with E-state index in [1.54, 1.807) is 0 Å². The van der Waals surface area contributed by atoms with Gasteiger partial charge in [-0.1, -0.05) is 37.3 Å². The standard InChI is InChI=1S/C23H37N5O2/c1-4-24-23(28-16-19(2)21(18-28)22(29)30-3)25-10-11-26-12-14-27(15-13-26)17-20-8-6-5-7-9-20/h5-9,19,21H,4,10-18H2,1-3H3,(H,24,25). The first-order valence-electron chi connectivity index (χ1n) is 11.2. The third kappa shape index (κ3) is 6.19. The summed E-state index contributed by atoms with van der Waals surface area (Å²) in [5.74, 6) is 1.00. The Labute approximate surface area is 181 Å². The van der Waals surface area contributed by atoms with Gasteiger partial charge in [-0.05, 0) is 18.4 Å². The molecule has 0 bridgehead atoms. The molecule has 0 aliphatic carbocycles. The molecule has 2 heterocycles. The predicted octanol–water partition coefficient (Wildman–Crippen LogP) is 1.51. The van der Waals surface area contributed by atoms with Crippen molar-refractivity contribution in [1.82, 2.24) is 20.0 Å². The summed E-state index contributed by atoms with van der Waals surface area (Å²) in [7, 11) is 1.47. The Kier molecular flexibility index (Phi) is 8.51. The molecule has 0 spiro atoms. The van der Waals surface area contributed by atoms with E-state index in [-0.39, 0.29) is 17.8 Å². The molecule has 2 fully saturated rings. The number of esters is 1. The SMILES string of the molecule is CCNC(=NCCN1CCN(Cc2ccccc2)CC1)N1CC(C)C(C(=O)OC)C1. The molecular weight excluding hydrogens is 378 g/mol. The number of ether oxygens (including phenoxy) is 1. The number of benzene rings is 1. The molecule has 2 aliphatic heterocycles. The minimum Gasteiger partial charge on any atom is -0.469 e. The molecule has 166 valence electrons. The minimum atomic E-state index is -0.116. The number of piperazine rings is 1. The number of aliphatic imine (C=N–C) groups is 1. The first-order valence-corrected chi connectivity index (χ1v) is 11.2. The highest BCUT2D eigenvalue weighted by atomic mass is 16.5. The van der Waals surface area contributed by atoms with Crippen molar-refractivity contribution >= 4 is 11.9 Å². The minimum absolute atomic E-state index is 0.0726. The summed E-state index contributed by atoms with van der Waals surface area (Å²) in [5.41, 5.74) is 1.39. The fraction of sp³-hybridized carbons (Fsp3) is 0.652. The highest BCUT2D eigenvalue weighted by Crippen LogP contribution is 2.24. The molecule has 1 N–H and O–H groups in total. The molecule has 1 aromatic rings. The number of carbonyl (C=O) groups excluding carboxylic acids is 1. The second-order valence-electron chi connectivity index (χ2n) is 8.35. The first-order chi connectivity index (χ1) is 14.6. The maximum Gasteiger partial charge on any atom is 0.310 e. The van der Waals surface area contributed by atoms with E-state index in [9.17, 15) is 4.79 Å². The van der Waals surface area contributed by atoms with Crippen LogP contribution in [0.1, 0.15) is 19.4 Å². The van der Waals surface area contributed by atoms with E-state index >= 15 is 0 Å². The molecule has 2 atom stereocenters. The molecule has 2 aliphatic rings. The van der Waals surface area contributed by atoms with Crippen LogP contribution >= 0.6 is 0 Å². The fourth-order valence-corrected chi connectivity index (χ4v) is 4.33. The van der Waals surface area contributed by atoms with Crippen LogP contribution in [0.15, 0.2) is 35.3 Å². The normalized spacial score (nSPS) is 23.6. The third-order valence-electron chi connectivity index (χ3n) is 6.14. The lowest BCUT2D eigenvalue weighted by molar-refractivity contribution is -0.145. The number of nitrogens with zero attached hydrogens (tertiary/aromatic N) is 4. The number of methoxy groups -OCH3 is 1. The first kappa shape index (κ1) is 22.6. The lowest BCUT2D eigenvalue weighted by atomic mass is 9.99. The van der Waals surface area contributed by atoms with Crippen LogP contribution in [0.5, 0.6) is 0 Å². The Bertz CT molecular complexity index is 688. The smallest absolute Gasteiger partial charge is 0.310 e. The number of nitrogens with one attached hydrogen (secondary N) is 1. The molecule has 0 amide bonds. The lowest BCUT2D eigenvalue weighted by Crippen LogP contribution is -2.47. The Hall–Kier alpha value is -2.12. The number of hydrogen-bond acceptors (Lipinski definition) is 5. The zero-order valence-electron chi connectivity index (χ0n) is 18.7. The maximum absolute atomic E-state index is 12.0. The molecule has 0 radical (unpaired) electrons. The van der Waals surface area contributed by atoms with Gasteiger partial charge in [0.1, 0.15) is 0 Å². The zero-order chi connectivity index (χ0) is 21.3. The maximum atomic E-state index is 12.0. The molecule has 1 aromatic carbocycles. The Morgan fingerprint density at radius 1 is 1.13 bits per heavy atom. The number of rotatable bonds is 7. The van der Waals surface area contributed by atoms with Crippen LogP contribution in [-0.2, 0) is 16.1 Å². The summed E-state index contributed by atoms with van der Waals surface area (Å²) in [6, 6.07) is 10.7. The predicted molar refractivity (Wildman–Crippen MR) is 120 cm³/mol. The van der Waals surface area contributed by atoms with Crippen LogP contribution in [0.3, 0.4) is 0 Å². The highest BCUT2D eigenvalue weighted by Gasteiger charge is 2.36. The van der Waals surface area contributed by atoms with Crippen molar-refractivity contribution < 1.29 is 9.53 Å². The van der Waals surface area contributed by atoms with E-state index in [1.165, 1.54) is 12.7 Å². The Morgan fingerprint density at radius 2 is 1.83 bits per heavy atom. The molecule has 3 rings (SSSR count). The van der Waals surface area contributed by atoms with Crippen LogP contribution < -0.4 is 5.32 Å². The summed E-state index contributed by atoms with van der Waals surface area (Å²) in [6.07, 6.45) is 0. The van der Waals surface area contributed by atoms with Gasteiger partial charge in [0.05, 0.1) is 19.6 Å². The topological polar surface area (TPSA) is 60.4 Å². The summed E-state index contributed by atoms with van der Waals surface area (Å²) >= 11 is 0. The highest BCUT2D eigenvalue weighted by molar-refractivity contribution is 5.82. The average Bonchev–Trinajstić information content (AvgIpc) is 3.16. The Balaban J connectivity index is 1.44. The van der Waals surface area contributed by atoms with Gasteiger partial charge in [-0.3, -0.25) is 19.6 Å². The molecule has 30 heavy (non-hydrogen) atoms. The van der Waals surface area contributed by atoms with Crippen molar-refractivity contribution in [2.75, 3.05) is 66.0 Å². The van der Waals surface area contributed by atoms with Crippen LogP contribution in [-0.4, -0.2) is 92.6 Å². The molecular formula is C23H37N5O2. The van der Waals surface area contributed by atoms with Crippen molar-refractivity contribution in [3.8, 4) is 0 Å². The third-order valence-corrected chi connectivity index (χ3v) is 6.14. The summed E-state index contributed by atoms with van der Waals surface area (Å²) in [5, 5.41) is 3.39. The monoisotopic (exact) mass is 415 g/mol. The van der Waals surface area contributed by atoms with E-state index in [0.717, 1.165) is 64.9 Å². The number of guanidine groups is 1. The average molecular weight is 416 g/mol. The quantitative estimate of drug-likeness (QED) is 0.414. The van der Waals surface area contributed by atoms with Crippen molar-refractivity contribution in [2.24, 2.45) is 16.8 Å². The molecule has 2 unspecified atom stereocenters. The van der Waals surface area contributed by atoms with E-state index < -0.39 is 0 Å². The van der Waals surface area contributed by atoms with Gasteiger partial charge in [-0.25, -0.2) is 0 Å². The number of carbonyl (C=O) groups is 1. The van der Waals surface area contributed by atoms with Crippen LogP contribution in [0.4, 0.5) is 0 Å². The second-order valence-corrected chi connectivity index (χ2v) is 8.35. The summed E-state index contributed by atoms with van der Waals surface area (Å²) in [6.45, 7) is 13.7. The van der Waals surface area contributed by atoms with Gasteiger partial charge in [0.15, 0.2) is 5.96 Å². The van der Waals surface area contributed by atoms with Crippen molar-refractivity contribution in [3.63, 3.8) is 0 Å². The molecule has 7 heteroatoms. The zero-order valence-corrected chi connectivity index (χ0v) is 18.7. The van der Waals surface area contributed by atoms with Gasteiger partial charge in [0.2, 0.25) is 0 Å². The fourth-order valence-electron chi connectivity index (χ4n) is 4.33. The van der Waals surface area contributed by atoms with Gasteiger partial charge >= 0.3 is 5.97 Å². The molecule has 0 saturated carbocycles. The second kappa shape index (κ2) is 11.3. The lowest BCUT2D eigenvalue weighted by Gasteiger charge is -2.34. The number of hydrogen-bond donors (Lipinski definition) is 1. The largest absolute Gasteiger partial charge is 0.469 e. The van der Waals surface area contributed by atoms with Gasteiger partial charge in [0, 0.05) is 58.9 Å². The van der Waals surface area contributed by atoms with Crippen molar-refractivity contribution in [1.29, 1.82) is 0 Å². The van der Waals surface area contributed by atoms with Crippen LogP contribution in [0.2, 0.25) is 0 Å². The molecule has 0 aromatic heterocycles. The molecule has 2 saturated heterocycles. The summed E-state index contributed by atoms with van der Waals surface area (Å²) < 4.78 is 4.96.